The molecule has 158 valence electrons. The molecular weight excluding hydrogens is 431 g/mol. The summed E-state index contributed by atoms with van der Waals surface area (Å²) in [6.45, 7) is 4.41. The van der Waals surface area contributed by atoms with Gasteiger partial charge in [-0.05, 0) is 26.0 Å². The first kappa shape index (κ1) is 21.9. The van der Waals surface area contributed by atoms with Crippen molar-refractivity contribution in [3.63, 3.8) is 0 Å². The van der Waals surface area contributed by atoms with Crippen molar-refractivity contribution in [1.82, 2.24) is 14.3 Å². The number of anilines is 1. The summed E-state index contributed by atoms with van der Waals surface area (Å²) in [5.41, 5.74) is 4.67. The summed E-state index contributed by atoms with van der Waals surface area (Å²) < 4.78 is 3.47. The molecule has 3 rings (SSSR count). The summed E-state index contributed by atoms with van der Waals surface area (Å²) in [4.78, 5) is 29.6. The number of nitrogens with zero attached hydrogens (tertiary/aromatic N) is 3. The topological polar surface area (TPSA) is 98.4 Å². The molecule has 2 N–H and O–H groups in total. The van der Waals surface area contributed by atoms with E-state index in [9.17, 15) is 14.7 Å². The molecule has 0 unspecified atom stereocenters. The summed E-state index contributed by atoms with van der Waals surface area (Å²) in [7, 11) is 1.50. The average molecular weight is 451 g/mol. The number of carbonyl (C=O) groups is 1. The Morgan fingerprint density at radius 1 is 1.27 bits per heavy atom. The number of pyridine rings is 1. The number of aromatic nitrogens is 3. The fourth-order valence-electron chi connectivity index (χ4n) is 3.31. The molecule has 2 aromatic heterocycles. The van der Waals surface area contributed by atoms with Gasteiger partial charge in [-0.25, -0.2) is 4.79 Å². The first-order valence-electron chi connectivity index (χ1n) is 9.05. The van der Waals surface area contributed by atoms with E-state index in [1.165, 1.54) is 13.2 Å². The fraction of sp³-hybridized carbons (Fsp3) is 0.250. The molecule has 0 bridgehead atoms. The Kier molecular flexibility index (Phi) is 6.50. The van der Waals surface area contributed by atoms with Crippen LogP contribution in [0.5, 0.6) is 0 Å². The van der Waals surface area contributed by atoms with Crippen LogP contribution < -0.4 is 10.9 Å². The normalized spacial score (nSPS) is 11.0. The standard InChI is InChI=1S/C20H20Cl2N4O4/c1-4-25-13(10-26-11(2)16(9-23-26)24-30-3)8-17(27)18(20(28)29)19(25)12-5-6-14(21)15(22)7-12/h5-9,24H,4,10H2,1-3H3,(H,28,29). The summed E-state index contributed by atoms with van der Waals surface area (Å²) in [5.74, 6) is -1.31. The Morgan fingerprint density at radius 3 is 2.60 bits per heavy atom. The van der Waals surface area contributed by atoms with Gasteiger partial charge in [0, 0.05) is 23.9 Å². The Balaban J connectivity index is 2.23. The van der Waals surface area contributed by atoms with E-state index in [-0.39, 0.29) is 22.8 Å². The largest absolute Gasteiger partial charge is 0.477 e. The SMILES string of the molecule is CCn1c(Cn2ncc(NOC)c2C)cc(=O)c(C(=O)O)c1-c1ccc(Cl)c(Cl)c1. The minimum Gasteiger partial charge on any atom is -0.477 e. The van der Waals surface area contributed by atoms with Crippen LogP contribution in [0.2, 0.25) is 10.0 Å². The Morgan fingerprint density at radius 2 is 2.00 bits per heavy atom. The highest BCUT2D eigenvalue weighted by Crippen LogP contribution is 2.31. The van der Waals surface area contributed by atoms with Gasteiger partial charge in [-0.15, -0.1) is 0 Å². The Hall–Kier alpha value is -2.81. The number of carboxylic acid groups (broad SMARTS) is 1. The van der Waals surface area contributed by atoms with Crippen LogP contribution in [0.4, 0.5) is 5.69 Å². The lowest BCUT2D eigenvalue weighted by Gasteiger charge is -2.20. The zero-order valence-electron chi connectivity index (χ0n) is 16.6. The molecule has 10 heteroatoms. The van der Waals surface area contributed by atoms with Crippen LogP contribution in [0.25, 0.3) is 11.3 Å². The van der Waals surface area contributed by atoms with Crippen molar-refractivity contribution in [2.75, 3.05) is 12.6 Å². The van der Waals surface area contributed by atoms with Crippen LogP contribution >= 0.6 is 23.2 Å². The molecular formula is C20H20Cl2N4O4. The van der Waals surface area contributed by atoms with E-state index in [1.807, 2.05) is 13.8 Å². The molecule has 0 saturated heterocycles. The molecule has 30 heavy (non-hydrogen) atoms. The van der Waals surface area contributed by atoms with Crippen LogP contribution in [-0.2, 0) is 17.9 Å². The number of nitrogens with one attached hydrogen (secondary N) is 1. The van der Waals surface area contributed by atoms with Crippen LogP contribution in [0.1, 0.15) is 28.7 Å². The maximum Gasteiger partial charge on any atom is 0.341 e. The van der Waals surface area contributed by atoms with E-state index in [0.717, 1.165) is 5.69 Å². The number of hydrogen-bond donors (Lipinski definition) is 2. The zero-order chi connectivity index (χ0) is 22.0. The Labute approximate surface area is 182 Å². The van der Waals surface area contributed by atoms with E-state index < -0.39 is 11.4 Å². The number of rotatable bonds is 7. The second-order valence-corrected chi connectivity index (χ2v) is 7.32. The molecule has 8 nitrogen and oxygen atoms in total. The second-order valence-electron chi connectivity index (χ2n) is 6.51. The minimum absolute atomic E-state index is 0.258. The zero-order valence-corrected chi connectivity index (χ0v) is 18.1. The van der Waals surface area contributed by atoms with Crippen LogP contribution in [0.15, 0.2) is 35.3 Å². The number of aromatic carboxylic acids is 1. The lowest BCUT2D eigenvalue weighted by molar-refractivity contribution is 0.0695. The molecule has 0 amide bonds. The molecule has 0 aliphatic heterocycles. The molecule has 2 heterocycles. The maximum atomic E-state index is 12.8. The summed E-state index contributed by atoms with van der Waals surface area (Å²) >= 11 is 12.2. The molecule has 0 aliphatic carbocycles. The van der Waals surface area contributed by atoms with E-state index in [2.05, 4.69) is 10.6 Å². The van der Waals surface area contributed by atoms with Crippen LogP contribution in [0.3, 0.4) is 0 Å². The predicted molar refractivity (Wildman–Crippen MR) is 115 cm³/mol. The predicted octanol–water partition coefficient (Wildman–Crippen LogP) is 4.07. The van der Waals surface area contributed by atoms with E-state index in [4.69, 9.17) is 28.0 Å². The third-order valence-electron chi connectivity index (χ3n) is 4.75. The highest BCUT2D eigenvalue weighted by molar-refractivity contribution is 6.42. The number of hydrogen-bond acceptors (Lipinski definition) is 5. The van der Waals surface area contributed by atoms with Gasteiger partial charge in [-0.1, -0.05) is 29.3 Å². The minimum atomic E-state index is -1.31. The number of benzene rings is 1. The van der Waals surface area contributed by atoms with Crippen molar-refractivity contribution in [2.24, 2.45) is 0 Å². The average Bonchev–Trinajstić information content (AvgIpc) is 3.03. The van der Waals surface area contributed by atoms with Crippen molar-refractivity contribution < 1.29 is 14.7 Å². The molecule has 0 atom stereocenters. The van der Waals surface area contributed by atoms with Crippen molar-refractivity contribution in [3.8, 4) is 11.3 Å². The third-order valence-corrected chi connectivity index (χ3v) is 5.49. The van der Waals surface area contributed by atoms with E-state index in [0.29, 0.717) is 28.5 Å². The van der Waals surface area contributed by atoms with E-state index in [1.54, 1.807) is 33.6 Å². The van der Waals surface area contributed by atoms with Gasteiger partial charge in [-0.2, -0.15) is 5.10 Å². The molecule has 0 aliphatic rings. The molecule has 0 fully saturated rings. The highest BCUT2D eigenvalue weighted by Gasteiger charge is 2.23. The maximum absolute atomic E-state index is 12.8. The molecule has 0 saturated carbocycles. The summed E-state index contributed by atoms with van der Waals surface area (Å²) in [6, 6.07) is 6.10. The summed E-state index contributed by atoms with van der Waals surface area (Å²) in [5, 5.41) is 14.7. The van der Waals surface area contributed by atoms with Crippen molar-refractivity contribution in [1.29, 1.82) is 0 Å². The lowest BCUT2D eigenvalue weighted by atomic mass is 10.0. The first-order valence-corrected chi connectivity index (χ1v) is 9.80. The third kappa shape index (κ3) is 4.07. The van der Waals surface area contributed by atoms with Crippen molar-refractivity contribution in [2.45, 2.75) is 26.9 Å². The molecule has 1 aromatic carbocycles. The number of carboxylic acids is 1. The van der Waals surface area contributed by atoms with Crippen molar-refractivity contribution >= 4 is 34.9 Å². The molecule has 0 spiro atoms. The monoisotopic (exact) mass is 450 g/mol. The van der Waals surface area contributed by atoms with Crippen LogP contribution in [-0.4, -0.2) is 32.5 Å². The lowest BCUT2D eigenvalue weighted by Crippen LogP contribution is -2.24. The fourth-order valence-corrected chi connectivity index (χ4v) is 3.61. The highest BCUT2D eigenvalue weighted by atomic mass is 35.5. The molecule has 3 aromatic rings. The van der Waals surface area contributed by atoms with Gasteiger partial charge in [0.25, 0.3) is 0 Å². The molecule has 0 radical (unpaired) electrons. The van der Waals surface area contributed by atoms with Crippen molar-refractivity contribution in [3.05, 3.63) is 67.7 Å². The quantitative estimate of drug-likeness (QED) is 0.526. The smallest absolute Gasteiger partial charge is 0.341 e. The first-order chi connectivity index (χ1) is 14.3. The summed E-state index contributed by atoms with van der Waals surface area (Å²) in [6.07, 6.45) is 1.61. The number of halogens is 2. The van der Waals surface area contributed by atoms with Gasteiger partial charge >= 0.3 is 5.97 Å². The van der Waals surface area contributed by atoms with Gasteiger partial charge in [-0.3, -0.25) is 19.8 Å². The van der Waals surface area contributed by atoms with Crippen LogP contribution in [0, 0.1) is 6.92 Å². The van der Waals surface area contributed by atoms with Gasteiger partial charge in [0.2, 0.25) is 0 Å². The Bertz CT molecular complexity index is 1170. The van der Waals surface area contributed by atoms with Gasteiger partial charge in [0.05, 0.1) is 41.3 Å². The van der Waals surface area contributed by atoms with Gasteiger partial charge < -0.3 is 9.67 Å². The second kappa shape index (κ2) is 8.91. The van der Waals surface area contributed by atoms with E-state index >= 15 is 0 Å². The van der Waals surface area contributed by atoms with Gasteiger partial charge in [0.15, 0.2) is 5.43 Å². The van der Waals surface area contributed by atoms with Gasteiger partial charge in [0.1, 0.15) is 11.3 Å².